The van der Waals surface area contributed by atoms with E-state index in [0.29, 0.717) is 12.2 Å². The minimum absolute atomic E-state index is 0.0669. The molecule has 2 rings (SSSR count). The zero-order chi connectivity index (χ0) is 14.6. The Morgan fingerprint density at radius 1 is 1.15 bits per heavy atom. The van der Waals surface area contributed by atoms with Gasteiger partial charge in [-0.05, 0) is 25.0 Å². The van der Waals surface area contributed by atoms with Gasteiger partial charge >= 0.3 is 0 Å². The second-order valence-electron chi connectivity index (χ2n) is 5.53. The summed E-state index contributed by atoms with van der Waals surface area (Å²) in [6.07, 6.45) is 5.81. The van der Waals surface area contributed by atoms with Gasteiger partial charge in [0.15, 0.2) is 0 Å². The van der Waals surface area contributed by atoms with Crippen molar-refractivity contribution in [1.29, 1.82) is 0 Å². The molecule has 5 nitrogen and oxygen atoms in total. The highest BCUT2D eigenvalue weighted by molar-refractivity contribution is 7.89. The molecule has 0 amide bonds. The van der Waals surface area contributed by atoms with Crippen LogP contribution in [0.25, 0.3) is 0 Å². The van der Waals surface area contributed by atoms with Gasteiger partial charge in [0.05, 0.1) is 11.3 Å². The first-order valence-electron chi connectivity index (χ1n) is 6.99. The lowest BCUT2D eigenvalue weighted by Crippen LogP contribution is -2.36. The number of aliphatic hydroxyl groups is 1. The summed E-state index contributed by atoms with van der Waals surface area (Å²) < 4.78 is 23.0. The minimum atomic E-state index is -3.76. The van der Waals surface area contributed by atoms with Crippen LogP contribution in [0.4, 0.5) is 5.69 Å². The number of nitrogens with two attached hydrogens (primary N) is 1. The molecule has 1 aliphatic rings. The van der Waals surface area contributed by atoms with Crippen LogP contribution in [0, 0.1) is 0 Å². The van der Waals surface area contributed by atoms with Gasteiger partial charge < -0.3 is 10.4 Å². The molecular formula is C14H22N2O3S. The van der Waals surface area contributed by atoms with Gasteiger partial charge in [0.1, 0.15) is 4.90 Å². The molecule has 4 N–H and O–H groups in total. The molecule has 0 saturated heterocycles. The number of hydrogen-bond acceptors (Lipinski definition) is 4. The smallest absolute Gasteiger partial charge is 0.240 e. The Kier molecular flexibility index (Phi) is 4.67. The monoisotopic (exact) mass is 298 g/mol. The number of nitrogens with one attached hydrogen (secondary N) is 1. The van der Waals surface area contributed by atoms with E-state index >= 15 is 0 Å². The first kappa shape index (κ1) is 15.3. The van der Waals surface area contributed by atoms with Crippen molar-refractivity contribution in [2.75, 3.05) is 11.9 Å². The number of anilines is 1. The van der Waals surface area contributed by atoms with Crippen LogP contribution in [0.3, 0.4) is 0 Å². The van der Waals surface area contributed by atoms with Crippen LogP contribution in [0.15, 0.2) is 29.2 Å². The summed E-state index contributed by atoms with van der Waals surface area (Å²) >= 11 is 0. The summed E-state index contributed by atoms with van der Waals surface area (Å²) in [5.41, 5.74) is -0.310. The van der Waals surface area contributed by atoms with Gasteiger partial charge in [-0.3, -0.25) is 0 Å². The SMILES string of the molecule is NS(=O)(=O)c1ccccc1NCC1(O)CCCCCC1. The average molecular weight is 298 g/mol. The topological polar surface area (TPSA) is 92.4 Å². The van der Waals surface area contributed by atoms with E-state index < -0.39 is 15.6 Å². The molecule has 1 aliphatic carbocycles. The van der Waals surface area contributed by atoms with Crippen molar-refractivity contribution in [3.63, 3.8) is 0 Å². The number of rotatable bonds is 4. The van der Waals surface area contributed by atoms with Crippen LogP contribution in [0.5, 0.6) is 0 Å². The predicted molar refractivity (Wildman–Crippen MR) is 79.0 cm³/mol. The van der Waals surface area contributed by atoms with E-state index in [1.54, 1.807) is 18.2 Å². The molecule has 6 heteroatoms. The quantitative estimate of drug-likeness (QED) is 0.739. The Morgan fingerprint density at radius 2 is 1.75 bits per heavy atom. The van der Waals surface area contributed by atoms with E-state index in [0.717, 1.165) is 38.5 Å². The van der Waals surface area contributed by atoms with Gasteiger partial charge in [-0.15, -0.1) is 0 Å². The molecule has 0 bridgehead atoms. The molecule has 1 aromatic rings. The third-order valence-corrected chi connectivity index (χ3v) is 4.80. The van der Waals surface area contributed by atoms with Crippen LogP contribution < -0.4 is 10.5 Å². The first-order valence-corrected chi connectivity index (χ1v) is 8.53. The lowest BCUT2D eigenvalue weighted by atomic mass is 9.94. The van der Waals surface area contributed by atoms with E-state index in [1.165, 1.54) is 6.07 Å². The Labute approximate surface area is 120 Å². The van der Waals surface area contributed by atoms with Gasteiger partial charge in [-0.2, -0.15) is 0 Å². The molecule has 0 unspecified atom stereocenters. The van der Waals surface area contributed by atoms with Crippen LogP contribution >= 0.6 is 0 Å². The third-order valence-electron chi connectivity index (χ3n) is 3.84. The largest absolute Gasteiger partial charge is 0.388 e. The Morgan fingerprint density at radius 3 is 2.35 bits per heavy atom. The van der Waals surface area contributed by atoms with Crippen molar-refractivity contribution in [3.8, 4) is 0 Å². The Bertz CT molecular complexity index is 549. The maximum atomic E-state index is 11.5. The first-order chi connectivity index (χ1) is 9.41. The number of primary sulfonamides is 1. The fraction of sp³-hybridized carbons (Fsp3) is 0.571. The second kappa shape index (κ2) is 6.11. The molecule has 0 aromatic heterocycles. The number of benzene rings is 1. The van der Waals surface area contributed by atoms with Crippen LogP contribution in [0.2, 0.25) is 0 Å². The van der Waals surface area contributed by atoms with E-state index in [9.17, 15) is 13.5 Å². The van der Waals surface area contributed by atoms with E-state index in [2.05, 4.69) is 5.32 Å². The average Bonchev–Trinajstić information content (AvgIpc) is 2.61. The second-order valence-corrected chi connectivity index (χ2v) is 7.06. The molecular weight excluding hydrogens is 276 g/mol. The van der Waals surface area contributed by atoms with Crippen LogP contribution in [0.1, 0.15) is 38.5 Å². The number of para-hydroxylation sites is 1. The van der Waals surface area contributed by atoms with Crippen molar-refractivity contribution in [1.82, 2.24) is 0 Å². The molecule has 1 aromatic carbocycles. The maximum absolute atomic E-state index is 11.5. The van der Waals surface area contributed by atoms with Crippen molar-refractivity contribution in [2.45, 2.75) is 49.0 Å². The van der Waals surface area contributed by atoms with Crippen LogP contribution in [-0.2, 0) is 10.0 Å². The molecule has 0 radical (unpaired) electrons. The van der Waals surface area contributed by atoms with Crippen molar-refractivity contribution in [2.24, 2.45) is 5.14 Å². The van der Waals surface area contributed by atoms with Crippen LogP contribution in [-0.4, -0.2) is 25.7 Å². The summed E-state index contributed by atoms with van der Waals surface area (Å²) in [5.74, 6) is 0. The summed E-state index contributed by atoms with van der Waals surface area (Å²) in [6, 6.07) is 6.51. The third kappa shape index (κ3) is 3.94. The Hall–Kier alpha value is -1.11. The molecule has 1 saturated carbocycles. The Balaban J connectivity index is 2.11. The summed E-state index contributed by atoms with van der Waals surface area (Å²) in [5, 5.41) is 18.8. The highest BCUT2D eigenvalue weighted by Crippen LogP contribution is 2.28. The fourth-order valence-electron chi connectivity index (χ4n) is 2.68. The van der Waals surface area contributed by atoms with Crippen molar-refractivity contribution >= 4 is 15.7 Å². The highest BCUT2D eigenvalue weighted by Gasteiger charge is 2.28. The van der Waals surface area contributed by atoms with E-state index in [1.807, 2.05) is 0 Å². The normalized spacial score (nSPS) is 19.3. The molecule has 0 aliphatic heterocycles. The standard InChI is InChI=1S/C14H22N2O3S/c15-20(18,19)13-8-4-3-7-12(13)16-11-14(17)9-5-1-2-6-10-14/h3-4,7-8,16-17H,1-2,5-6,9-11H2,(H2,15,18,19). The summed E-state index contributed by atoms with van der Waals surface area (Å²) in [7, 11) is -3.76. The predicted octanol–water partition coefficient (Wildman–Crippen LogP) is 1.83. The molecule has 0 heterocycles. The highest BCUT2D eigenvalue weighted by atomic mass is 32.2. The van der Waals surface area contributed by atoms with E-state index in [4.69, 9.17) is 5.14 Å². The molecule has 112 valence electrons. The lowest BCUT2D eigenvalue weighted by Gasteiger charge is -2.27. The van der Waals surface area contributed by atoms with Gasteiger partial charge in [0.2, 0.25) is 10.0 Å². The molecule has 1 fully saturated rings. The van der Waals surface area contributed by atoms with Crippen molar-refractivity contribution < 1.29 is 13.5 Å². The van der Waals surface area contributed by atoms with Gasteiger partial charge in [0, 0.05) is 6.54 Å². The lowest BCUT2D eigenvalue weighted by molar-refractivity contribution is 0.0381. The maximum Gasteiger partial charge on any atom is 0.240 e. The molecule has 0 atom stereocenters. The molecule has 20 heavy (non-hydrogen) atoms. The molecule has 0 spiro atoms. The fourth-order valence-corrected chi connectivity index (χ4v) is 3.40. The van der Waals surface area contributed by atoms with Gasteiger partial charge in [0.25, 0.3) is 0 Å². The summed E-state index contributed by atoms with van der Waals surface area (Å²) in [4.78, 5) is 0.0669. The number of hydrogen-bond donors (Lipinski definition) is 3. The van der Waals surface area contributed by atoms with Crippen molar-refractivity contribution in [3.05, 3.63) is 24.3 Å². The zero-order valence-electron chi connectivity index (χ0n) is 11.5. The zero-order valence-corrected chi connectivity index (χ0v) is 12.3. The van der Waals surface area contributed by atoms with Gasteiger partial charge in [-0.25, -0.2) is 13.6 Å². The van der Waals surface area contributed by atoms with E-state index in [-0.39, 0.29) is 4.90 Å². The summed E-state index contributed by atoms with van der Waals surface area (Å²) in [6.45, 7) is 0.347. The minimum Gasteiger partial charge on any atom is -0.388 e. The number of sulfonamides is 1. The van der Waals surface area contributed by atoms with Gasteiger partial charge in [-0.1, -0.05) is 37.8 Å².